The van der Waals surface area contributed by atoms with Crippen molar-refractivity contribution in [2.75, 3.05) is 14.2 Å². The van der Waals surface area contributed by atoms with E-state index in [0.717, 1.165) is 29.6 Å². The monoisotopic (exact) mass is 406 g/mol. The van der Waals surface area contributed by atoms with Gasteiger partial charge in [0.05, 0.1) is 20.3 Å². The van der Waals surface area contributed by atoms with Crippen LogP contribution < -0.4 is 0 Å². The van der Waals surface area contributed by atoms with Crippen molar-refractivity contribution in [2.45, 2.75) is 72.3 Å². The quantitative estimate of drug-likeness (QED) is 0.263. The van der Waals surface area contributed by atoms with E-state index in [1.807, 2.05) is 45.9 Å². The first kappa shape index (κ1) is 26.9. The Labute approximate surface area is 176 Å². The molecule has 0 saturated heterocycles. The highest BCUT2D eigenvalue weighted by molar-refractivity contribution is 6.00. The number of carbonyl (C=O) groups is 2. The van der Waals surface area contributed by atoms with Crippen molar-refractivity contribution in [3.8, 4) is 0 Å². The number of esters is 2. The smallest absolute Gasteiger partial charge is 0.323 e. The zero-order valence-corrected chi connectivity index (χ0v) is 18.9. The number of aliphatic hydroxyl groups excluding tert-OH is 1. The van der Waals surface area contributed by atoms with Crippen molar-refractivity contribution in [1.82, 2.24) is 0 Å². The van der Waals surface area contributed by atoms with E-state index in [0.29, 0.717) is 19.3 Å². The maximum absolute atomic E-state index is 12.5. The van der Waals surface area contributed by atoms with Crippen molar-refractivity contribution in [2.24, 2.45) is 5.41 Å². The molecule has 0 radical (unpaired) electrons. The lowest BCUT2D eigenvalue weighted by Crippen LogP contribution is -2.41. The van der Waals surface area contributed by atoms with Crippen LogP contribution in [-0.4, -0.2) is 37.4 Å². The number of aliphatic hydroxyl groups is 1. The van der Waals surface area contributed by atoms with Gasteiger partial charge in [0, 0.05) is 0 Å². The molecule has 0 fully saturated rings. The molecular weight excluding hydrogens is 368 g/mol. The van der Waals surface area contributed by atoms with Gasteiger partial charge in [-0.15, -0.1) is 6.58 Å². The third-order valence-corrected chi connectivity index (χ3v) is 5.00. The molecular formula is C24H38O5. The van der Waals surface area contributed by atoms with E-state index >= 15 is 0 Å². The Balaban J connectivity index is 5.33. The molecule has 0 aliphatic rings. The summed E-state index contributed by atoms with van der Waals surface area (Å²) < 4.78 is 9.91. The normalized spacial score (nSPS) is 13.5. The predicted octanol–water partition coefficient (Wildman–Crippen LogP) is 5.07. The molecule has 164 valence electrons. The molecule has 0 aromatic heterocycles. The van der Waals surface area contributed by atoms with Crippen LogP contribution in [0.2, 0.25) is 0 Å². The molecule has 0 aromatic rings. The van der Waals surface area contributed by atoms with Gasteiger partial charge < -0.3 is 14.6 Å². The summed E-state index contributed by atoms with van der Waals surface area (Å²) in [6.45, 7) is 11.5. The first-order valence-corrected chi connectivity index (χ1v) is 10.1. The van der Waals surface area contributed by atoms with Gasteiger partial charge in [0.15, 0.2) is 5.41 Å². The Bertz CT molecular complexity index is 620. The van der Waals surface area contributed by atoms with Crippen LogP contribution in [0.4, 0.5) is 0 Å². The number of carbonyl (C=O) groups excluding carboxylic acids is 2. The van der Waals surface area contributed by atoms with Crippen LogP contribution in [0.1, 0.15) is 66.2 Å². The van der Waals surface area contributed by atoms with Crippen molar-refractivity contribution >= 4 is 11.9 Å². The maximum Gasteiger partial charge on any atom is 0.323 e. The lowest BCUT2D eigenvalue weighted by Gasteiger charge is -2.27. The standard InChI is InChI=1S/C24H38O5/c1-8-11-21(25)20(5)14-9-13-19(4)15-17-24(22(26)28-6,23(27)29-7)16-10-12-18(2)3/h8,12,14-15,21,25H,1,9-11,13,16-17H2,2-7H3/b19-15+,20-14+. The summed E-state index contributed by atoms with van der Waals surface area (Å²) in [7, 11) is 2.58. The van der Waals surface area contributed by atoms with E-state index < -0.39 is 23.5 Å². The Morgan fingerprint density at radius 1 is 1.00 bits per heavy atom. The Morgan fingerprint density at radius 3 is 2.07 bits per heavy atom. The number of ether oxygens (including phenoxy) is 2. The van der Waals surface area contributed by atoms with Gasteiger partial charge in [-0.05, 0) is 71.8 Å². The number of methoxy groups -OCH3 is 2. The van der Waals surface area contributed by atoms with Gasteiger partial charge in [-0.3, -0.25) is 9.59 Å². The lowest BCUT2D eigenvalue weighted by molar-refractivity contribution is -0.169. The molecule has 0 aliphatic heterocycles. The first-order chi connectivity index (χ1) is 13.6. The SMILES string of the molecule is C=CCC(O)/C(C)=C/CC/C(C)=C/CC(CCC=C(C)C)(C(=O)OC)C(=O)OC. The van der Waals surface area contributed by atoms with E-state index in [2.05, 4.69) is 6.58 Å². The van der Waals surface area contributed by atoms with Crippen LogP contribution in [0, 0.1) is 5.41 Å². The highest BCUT2D eigenvalue weighted by atomic mass is 16.5. The minimum atomic E-state index is -1.34. The number of hydrogen-bond donors (Lipinski definition) is 1. The van der Waals surface area contributed by atoms with Crippen molar-refractivity contribution < 1.29 is 24.2 Å². The molecule has 1 unspecified atom stereocenters. The van der Waals surface area contributed by atoms with Crippen LogP contribution in [0.3, 0.4) is 0 Å². The van der Waals surface area contributed by atoms with E-state index in [-0.39, 0.29) is 6.42 Å². The van der Waals surface area contributed by atoms with Gasteiger partial charge in [-0.25, -0.2) is 0 Å². The second kappa shape index (κ2) is 13.9. The summed E-state index contributed by atoms with van der Waals surface area (Å²) in [5.41, 5.74) is 1.76. The van der Waals surface area contributed by atoms with Crippen molar-refractivity contribution in [1.29, 1.82) is 0 Å². The van der Waals surface area contributed by atoms with Gasteiger partial charge >= 0.3 is 11.9 Å². The van der Waals surface area contributed by atoms with Crippen LogP contribution in [0.15, 0.2) is 47.6 Å². The molecule has 29 heavy (non-hydrogen) atoms. The summed E-state index contributed by atoms with van der Waals surface area (Å²) in [5, 5.41) is 9.93. The van der Waals surface area contributed by atoms with Gasteiger partial charge in [0.2, 0.25) is 0 Å². The summed E-state index contributed by atoms with van der Waals surface area (Å²) in [6, 6.07) is 0. The third kappa shape index (κ3) is 9.27. The summed E-state index contributed by atoms with van der Waals surface area (Å²) >= 11 is 0. The fourth-order valence-corrected chi connectivity index (χ4v) is 3.01. The summed E-state index contributed by atoms with van der Waals surface area (Å²) in [5.74, 6) is -1.14. The highest BCUT2D eigenvalue weighted by Gasteiger charge is 2.46. The molecule has 0 bridgehead atoms. The molecule has 1 N–H and O–H groups in total. The highest BCUT2D eigenvalue weighted by Crippen LogP contribution is 2.33. The zero-order valence-electron chi connectivity index (χ0n) is 18.9. The molecule has 0 spiro atoms. The molecule has 0 amide bonds. The Morgan fingerprint density at radius 2 is 1.59 bits per heavy atom. The van der Waals surface area contributed by atoms with Gasteiger partial charge in [-0.1, -0.05) is 35.5 Å². The summed E-state index contributed by atoms with van der Waals surface area (Å²) in [6.07, 6.45) is 10.3. The molecule has 0 aliphatic carbocycles. The summed E-state index contributed by atoms with van der Waals surface area (Å²) in [4.78, 5) is 25.1. The second-order valence-corrected chi connectivity index (χ2v) is 7.67. The van der Waals surface area contributed by atoms with Crippen LogP contribution in [0.5, 0.6) is 0 Å². The third-order valence-electron chi connectivity index (χ3n) is 5.00. The van der Waals surface area contributed by atoms with E-state index in [1.165, 1.54) is 14.2 Å². The number of rotatable bonds is 13. The fourth-order valence-electron chi connectivity index (χ4n) is 3.01. The van der Waals surface area contributed by atoms with E-state index in [1.54, 1.807) is 6.08 Å². The van der Waals surface area contributed by atoms with Crippen LogP contribution >= 0.6 is 0 Å². The molecule has 0 rings (SSSR count). The molecule has 0 heterocycles. The van der Waals surface area contributed by atoms with Crippen LogP contribution in [-0.2, 0) is 19.1 Å². The fraction of sp³-hybridized carbons (Fsp3) is 0.583. The predicted molar refractivity (Wildman–Crippen MR) is 117 cm³/mol. The molecule has 5 nitrogen and oxygen atoms in total. The average molecular weight is 407 g/mol. The minimum Gasteiger partial charge on any atom is -0.468 e. The topological polar surface area (TPSA) is 72.8 Å². The number of hydrogen-bond acceptors (Lipinski definition) is 5. The zero-order chi connectivity index (χ0) is 22.4. The largest absolute Gasteiger partial charge is 0.468 e. The molecule has 0 aromatic carbocycles. The average Bonchev–Trinajstić information content (AvgIpc) is 2.69. The maximum atomic E-state index is 12.5. The molecule has 1 atom stereocenters. The number of allylic oxidation sites excluding steroid dienone is 5. The first-order valence-electron chi connectivity index (χ1n) is 10.1. The van der Waals surface area contributed by atoms with Crippen molar-refractivity contribution in [3.63, 3.8) is 0 Å². The second-order valence-electron chi connectivity index (χ2n) is 7.67. The minimum absolute atomic E-state index is 0.233. The molecule has 5 heteroatoms. The van der Waals surface area contributed by atoms with Gasteiger partial charge in [0.1, 0.15) is 0 Å². The van der Waals surface area contributed by atoms with Crippen molar-refractivity contribution in [3.05, 3.63) is 47.6 Å². The van der Waals surface area contributed by atoms with Gasteiger partial charge in [-0.2, -0.15) is 0 Å². The van der Waals surface area contributed by atoms with Gasteiger partial charge in [0.25, 0.3) is 0 Å². The molecule has 0 saturated carbocycles. The Hall–Kier alpha value is -2.14. The van der Waals surface area contributed by atoms with E-state index in [4.69, 9.17) is 9.47 Å². The Kier molecular flexibility index (Phi) is 12.9. The van der Waals surface area contributed by atoms with Crippen LogP contribution in [0.25, 0.3) is 0 Å². The van der Waals surface area contributed by atoms with E-state index in [9.17, 15) is 14.7 Å². The lowest BCUT2D eigenvalue weighted by atomic mass is 9.79.